The van der Waals surface area contributed by atoms with Crippen molar-refractivity contribution in [3.8, 4) is 16.9 Å². The molecule has 166 valence electrons. The van der Waals surface area contributed by atoms with Gasteiger partial charge in [0.1, 0.15) is 5.82 Å². The zero-order valence-electron chi connectivity index (χ0n) is 16.2. The quantitative estimate of drug-likeness (QED) is 0.514. The molecule has 0 unspecified atom stereocenters. The highest BCUT2D eigenvalue weighted by Crippen LogP contribution is 2.45. The van der Waals surface area contributed by atoms with Crippen molar-refractivity contribution in [3.05, 3.63) is 46.7 Å². The van der Waals surface area contributed by atoms with Crippen LogP contribution in [0.25, 0.3) is 16.9 Å². The number of carbonyl (C=O) groups excluding carboxylic acids is 1. The minimum Gasteiger partial charge on any atom is -0.300 e. The molecule has 0 fully saturated rings. The molecule has 1 aromatic carbocycles. The van der Waals surface area contributed by atoms with E-state index in [4.69, 9.17) is 11.6 Å². The van der Waals surface area contributed by atoms with E-state index in [1.54, 1.807) is 0 Å². The molecule has 0 saturated carbocycles. The van der Waals surface area contributed by atoms with E-state index in [0.29, 0.717) is 12.1 Å². The van der Waals surface area contributed by atoms with E-state index in [-0.39, 0.29) is 5.82 Å². The SMILES string of the molecule is CC(=O)N(C)c1c(-c2cc(Cl)cc(C(F)(F)F)c2)c(C(F)(F)F)nn1-c1ccn(C)n1. The Bertz CT molecular complexity index is 1150. The van der Waals surface area contributed by atoms with Crippen LogP contribution in [-0.2, 0) is 24.2 Å². The Labute approximate surface area is 176 Å². The fourth-order valence-electron chi connectivity index (χ4n) is 2.91. The van der Waals surface area contributed by atoms with Crippen LogP contribution in [0.4, 0.5) is 32.2 Å². The molecule has 3 rings (SSSR count). The number of aromatic nitrogens is 4. The maximum Gasteiger partial charge on any atom is 0.435 e. The lowest BCUT2D eigenvalue weighted by atomic mass is 10.0. The van der Waals surface area contributed by atoms with E-state index in [9.17, 15) is 31.1 Å². The lowest BCUT2D eigenvalue weighted by Gasteiger charge is -2.19. The number of halogens is 7. The molecule has 0 bridgehead atoms. The molecule has 0 spiro atoms. The lowest BCUT2D eigenvalue weighted by molar-refractivity contribution is -0.140. The van der Waals surface area contributed by atoms with Crippen LogP contribution in [0.3, 0.4) is 0 Å². The van der Waals surface area contributed by atoms with Gasteiger partial charge in [-0.3, -0.25) is 14.4 Å². The summed E-state index contributed by atoms with van der Waals surface area (Å²) in [6, 6.07) is 3.41. The Balaban J connectivity index is 2.45. The van der Waals surface area contributed by atoms with Crippen LogP contribution in [0.15, 0.2) is 30.5 Å². The minimum atomic E-state index is -5.05. The van der Waals surface area contributed by atoms with Crippen LogP contribution < -0.4 is 4.90 Å². The summed E-state index contributed by atoms with van der Waals surface area (Å²) >= 11 is 5.79. The van der Waals surface area contributed by atoms with Crippen molar-refractivity contribution in [2.75, 3.05) is 11.9 Å². The van der Waals surface area contributed by atoms with Crippen LogP contribution in [0.2, 0.25) is 5.02 Å². The standard InChI is InChI=1S/C18H14ClF6N5O/c1-9(31)29(3)16-14(10-6-11(17(20,21)22)8-12(19)7-10)15(18(23,24)25)27-30(16)13-4-5-28(2)26-13/h4-8H,1-3H3. The number of carbonyl (C=O) groups is 1. The third-order valence-electron chi connectivity index (χ3n) is 4.35. The molecule has 2 heterocycles. The van der Waals surface area contributed by atoms with E-state index in [0.717, 1.165) is 22.6 Å². The van der Waals surface area contributed by atoms with Crippen molar-refractivity contribution in [3.63, 3.8) is 0 Å². The topological polar surface area (TPSA) is 56.0 Å². The van der Waals surface area contributed by atoms with Crippen molar-refractivity contribution in [2.24, 2.45) is 7.05 Å². The summed E-state index contributed by atoms with van der Waals surface area (Å²) in [5, 5.41) is 7.13. The van der Waals surface area contributed by atoms with E-state index in [1.165, 1.54) is 31.0 Å². The van der Waals surface area contributed by atoms with E-state index >= 15 is 0 Å². The maximum atomic E-state index is 13.9. The molecular weight excluding hydrogens is 452 g/mol. The average Bonchev–Trinajstić information content (AvgIpc) is 3.22. The summed E-state index contributed by atoms with van der Waals surface area (Å²) in [6.45, 7) is 1.09. The van der Waals surface area contributed by atoms with Gasteiger partial charge in [-0.2, -0.15) is 41.2 Å². The molecule has 6 nitrogen and oxygen atoms in total. The molecule has 1 amide bonds. The van der Waals surface area contributed by atoms with Gasteiger partial charge in [-0.15, -0.1) is 0 Å². The molecule has 3 aromatic rings. The summed E-state index contributed by atoms with van der Waals surface area (Å²) in [5.74, 6) is -1.15. The predicted octanol–water partition coefficient (Wildman–Crippen LogP) is 4.95. The van der Waals surface area contributed by atoms with E-state index in [2.05, 4.69) is 10.2 Å². The number of hydrogen-bond acceptors (Lipinski definition) is 3. The molecular formula is C18H14ClF6N5O. The molecule has 0 aliphatic carbocycles. The Hall–Kier alpha value is -3.02. The number of rotatable bonds is 3. The number of nitrogens with zero attached hydrogens (tertiary/aromatic N) is 5. The first-order valence-electron chi connectivity index (χ1n) is 8.53. The van der Waals surface area contributed by atoms with E-state index < -0.39 is 51.5 Å². The monoisotopic (exact) mass is 465 g/mol. The molecule has 0 atom stereocenters. The first kappa shape index (κ1) is 22.7. The van der Waals surface area contributed by atoms with Crippen molar-refractivity contribution in [2.45, 2.75) is 19.3 Å². The molecule has 0 N–H and O–H groups in total. The van der Waals surface area contributed by atoms with Gasteiger partial charge in [0.25, 0.3) is 0 Å². The largest absolute Gasteiger partial charge is 0.435 e. The number of aryl methyl sites for hydroxylation is 1. The van der Waals surface area contributed by atoms with Crippen LogP contribution >= 0.6 is 11.6 Å². The number of hydrogen-bond donors (Lipinski definition) is 0. The summed E-state index contributed by atoms with van der Waals surface area (Å²) in [5.41, 5.74) is -3.97. The summed E-state index contributed by atoms with van der Waals surface area (Å²) in [4.78, 5) is 12.9. The van der Waals surface area contributed by atoms with Gasteiger partial charge >= 0.3 is 12.4 Å². The molecule has 0 aliphatic rings. The van der Waals surface area contributed by atoms with Gasteiger partial charge in [0.2, 0.25) is 5.91 Å². The van der Waals surface area contributed by atoms with Crippen LogP contribution in [0.1, 0.15) is 18.2 Å². The van der Waals surface area contributed by atoms with Crippen LogP contribution in [0, 0.1) is 0 Å². The van der Waals surface area contributed by atoms with Gasteiger partial charge in [-0.1, -0.05) is 11.6 Å². The van der Waals surface area contributed by atoms with Crippen molar-refractivity contribution in [1.82, 2.24) is 19.6 Å². The van der Waals surface area contributed by atoms with Gasteiger partial charge in [0, 0.05) is 38.3 Å². The molecule has 0 radical (unpaired) electrons. The number of benzene rings is 1. The first-order chi connectivity index (χ1) is 14.2. The Morgan fingerprint density at radius 3 is 2.19 bits per heavy atom. The average molecular weight is 466 g/mol. The minimum absolute atomic E-state index is 0.0691. The van der Waals surface area contributed by atoms with Crippen LogP contribution in [-0.4, -0.2) is 32.5 Å². The lowest BCUT2D eigenvalue weighted by Crippen LogP contribution is -2.26. The fourth-order valence-corrected chi connectivity index (χ4v) is 3.14. The van der Waals surface area contributed by atoms with Gasteiger partial charge in [0.15, 0.2) is 11.5 Å². The first-order valence-corrected chi connectivity index (χ1v) is 8.90. The Morgan fingerprint density at radius 2 is 1.71 bits per heavy atom. The molecule has 0 saturated heterocycles. The van der Waals surface area contributed by atoms with Gasteiger partial charge in [-0.05, 0) is 23.8 Å². The second-order valence-corrected chi connectivity index (χ2v) is 7.05. The number of amides is 1. The van der Waals surface area contributed by atoms with Gasteiger partial charge < -0.3 is 0 Å². The second-order valence-electron chi connectivity index (χ2n) is 6.61. The van der Waals surface area contributed by atoms with Crippen molar-refractivity contribution < 1.29 is 31.1 Å². The smallest absolute Gasteiger partial charge is 0.300 e. The summed E-state index contributed by atoms with van der Waals surface area (Å²) in [6.07, 6.45) is -8.48. The van der Waals surface area contributed by atoms with E-state index in [1.807, 2.05) is 0 Å². The predicted molar refractivity (Wildman–Crippen MR) is 99.9 cm³/mol. The maximum absolute atomic E-state index is 13.9. The third-order valence-corrected chi connectivity index (χ3v) is 4.57. The molecule has 31 heavy (non-hydrogen) atoms. The highest BCUT2D eigenvalue weighted by molar-refractivity contribution is 6.31. The highest BCUT2D eigenvalue weighted by Gasteiger charge is 2.42. The number of anilines is 1. The molecule has 13 heteroatoms. The van der Waals surface area contributed by atoms with Crippen molar-refractivity contribution >= 4 is 23.3 Å². The Morgan fingerprint density at radius 1 is 1.06 bits per heavy atom. The fraction of sp³-hybridized carbons (Fsp3) is 0.278. The summed E-state index contributed by atoms with van der Waals surface area (Å²) < 4.78 is 83.6. The third kappa shape index (κ3) is 4.38. The van der Waals surface area contributed by atoms with Gasteiger partial charge in [-0.25, -0.2) is 0 Å². The summed E-state index contributed by atoms with van der Waals surface area (Å²) in [7, 11) is 2.69. The molecule has 0 aliphatic heterocycles. The second kappa shape index (κ2) is 7.59. The zero-order valence-corrected chi connectivity index (χ0v) is 16.9. The van der Waals surface area contributed by atoms with Gasteiger partial charge in [0.05, 0.1) is 11.1 Å². The normalized spacial score (nSPS) is 12.3. The number of alkyl halides is 6. The van der Waals surface area contributed by atoms with Crippen molar-refractivity contribution in [1.29, 1.82) is 0 Å². The van der Waals surface area contributed by atoms with Crippen LogP contribution in [0.5, 0.6) is 0 Å². The zero-order chi connectivity index (χ0) is 23.3. The highest BCUT2D eigenvalue weighted by atomic mass is 35.5. The molecule has 2 aromatic heterocycles. The Kier molecular flexibility index (Phi) is 5.55.